The van der Waals surface area contributed by atoms with Crippen LogP contribution in [-0.4, -0.2) is 16.3 Å². The van der Waals surface area contributed by atoms with Crippen LogP contribution in [0, 0.1) is 0 Å². The van der Waals surface area contributed by atoms with Crippen LogP contribution in [0.3, 0.4) is 0 Å². The van der Waals surface area contributed by atoms with Crippen molar-refractivity contribution in [3.8, 4) is 5.75 Å². The van der Waals surface area contributed by atoms with Gasteiger partial charge in [-0.25, -0.2) is 0 Å². The second kappa shape index (κ2) is 7.25. The molecule has 2 nitrogen and oxygen atoms in total. The van der Waals surface area contributed by atoms with E-state index in [0.29, 0.717) is 5.75 Å². The average Bonchev–Trinajstić information content (AvgIpc) is 3.17. The largest absolute Gasteiger partial charge is 0.508 e. The molecule has 4 aromatic carbocycles. The highest BCUT2D eigenvalue weighted by Crippen LogP contribution is 2.66. The third-order valence-electron chi connectivity index (χ3n) is 6.89. The van der Waals surface area contributed by atoms with E-state index in [2.05, 4.69) is 77.8 Å². The number of nitrogens with one attached hydrogen (secondary N) is 1. The molecule has 1 aliphatic rings. The molecule has 1 unspecified atom stereocenters. The van der Waals surface area contributed by atoms with Gasteiger partial charge in [0.1, 0.15) is 5.75 Å². The van der Waals surface area contributed by atoms with Crippen molar-refractivity contribution in [3.63, 3.8) is 0 Å². The SMILES string of the molecule is Oc1ccc2[nH]c3c(c2c1)C[P+](Cc1cccc2ccccc12)(c1ccccc1)CC3. The molecule has 5 aromatic rings. The summed E-state index contributed by atoms with van der Waals surface area (Å²) in [5, 5.41) is 15.5. The van der Waals surface area contributed by atoms with Crippen LogP contribution in [0.1, 0.15) is 16.8 Å². The monoisotopic (exact) mass is 422 g/mol. The van der Waals surface area contributed by atoms with Crippen LogP contribution in [0.4, 0.5) is 0 Å². The van der Waals surface area contributed by atoms with Crippen molar-refractivity contribution < 1.29 is 5.11 Å². The van der Waals surface area contributed by atoms with Crippen LogP contribution in [-0.2, 0) is 18.7 Å². The Bertz CT molecular complexity index is 1400. The number of hydrogen-bond acceptors (Lipinski definition) is 1. The van der Waals surface area contributed by atoms with E-state index >= 15 is 0 Å². The van der Waals surface area contributed by atoms with Crippen LogP contribution < -0.4 is 5.30 Å². The van der Waals surface area contributed by atoms with Gasteiger partial charge in [-0.2, -0.15) is 0 Å². The summed E-state index contributed by atoms with van der Waals surface area (Å²) in [5.41, 5.74) is 5.36. The standard InChI is InChI=1S/C28H24NOP/c30-22-13-14-27-25(17-22)26-19-31(16-15-28(26)29-27,23-10-2-1-3-11-23)18-21-9-6-8-20-7-4-5-12-24(20)21/h1-14,17,29H,15-16,18-19H2/p+1. The topological polar surface area (TPSA) is 36.0 Å². The molecule has 0 saturated heterocycles. The van der Waals surface area contributed by atoms with Crippen LogP contribution in [0.2, 0.25) is 0 Å². The van der Waals surface area contributed by atoms with Gasteiger partial charge in [0.15, 0.2) is 0 Å². The number of aromatic nitrogens is 1. The lowest BCUT2D eigenvalue weighted by Crippen LogP contribution is -2.23. The van der Waals surface area contributed by atoms with Crippen molar-refractivity contribution in [2.24, 2.45) is 0 Å². The van der Waals surface area contributed by atoms with Gasteiger partial charge in [-0.15, -0.1) is 0 Å². The number of H-pyrrole nitrogens is 1. The Morgan fingerprint density at radius 3 is 2.52 bits per heavy atom. The summed E-state index contributed by atoms with van der Waals surface area (Å²) in [6, 6.07) is 32.4. The first-order chi connectivity index (χ1) is 15.2. The number of rotatable bonds is 3. The van der Waals surface area contributed by atoms with E-state index in [1.165, 1.54) is 44.4 Å². The Balaban J connectivity index is 1.52. The van der Waals surface area contributed by atoms with Crippen molar-refractivity contribution in [3.05, 3.63) is 108 Å². The van der Waals surface area contributed by atoms with E-state index in [1.54, 1.807) is 6.07 Å². The number of aryl methyl sites for hydroxylation is 1. The molecule has 1 aromatic heterocycles. The molecule has 0 aliphatic carbocycles. The van der Waals surface area contributed by atoms with Gasteiger partial charge in [-0.3, -0.25) is 0 Å². The highest BCUT2D eigenvalue weighted by Gasteiger charge is 2.45. The third-order valence-corrected chi connectivity index (χ3v) is 11.2. The van der Waals surface area contributed by atoms with Gasteiger partial charge >= 0.3 is 0 Å². The van der Waals surface area contributed by atoms with Gasteiger partial charge in [0.25, 0.3) is 0 Å². The van der Waals surface area contributed by atoms with E-state index < -0.39 is 7.26 Å². The first kappa shape index (κ1) is 18.7. The molecule has 1 aliphatic heterocycles. The number of phenolic OH excluding ortho intramolecular Hbond substituents is 1. The molecule has 6 rings (SSSR count). The molecule has 0 fully saturated rings. The number of aromatic hydroxyl groups is 1. The Labute approximate surface area is 182 Å². The van der Waals surface area contributed by atoms with E-state index in [-0.39, 0.29) is 0 Å². The third kappa shape index (κ3) is 3.14. The molecule has 0 spiro atoms. The quantitative estimate of drug-likeness (QED) is 0.315. The maximum atomic E-state index is 10.1. The summed E-state index contributed by atoms with van der Waals surface area (Å²) in [7, 11) is -1.49. The van der Waals surface area contributed by atoms with E-state index in [4.69, 9.17) is 0 Å². The minimum atomic E-state index is -1.49. The fourth-order valence-corrected chi connectivity index (χ4v) is 9.74. The lowest BCUT2D eigenvalue weighted by Gasteiger charge is -2.31. The van der Waals surface area contributed by atoms with Crippen LogP contribution in [0.15, 0.2) is 91.0 Å². The first-order valence-electron chi connectivity index (χ1n) is 10.9. The fraction of sp³-hybridized carbons (Fsp3) is 0.143. The minimum absolute atomic E-state index is 0.345. The maximum Gasteiger partial charge on any atom is 0.116 e. The second-order valence-electron chi connectivity index (χ2n) is 8.72. The number of fused-ring (bicyclic) bond motifs is 4. The summed E-state index contributed by atoms with van der Waals surface area (Å²) in [4.78, 5) is 3.63. The predicted molar refractivity (Wildman–Crippen MR) is 133 cm³/mol. The molecule has 0 radical (unpaired) electrons. The highest BCUT2D eigenvalue weighted by molar-refractivity contribution is 7.81. The van der Waals surface area contributed by atoms with Crippen LogP contribution in [0.5, 0.6) is 5.75 Å². The zero-order valence-electron chi connectivity index (χ0n) is 17.4. The number of benzene rings is 4. The molecule has 1 atom stereocenters. The molecule has 31 heavy (non-hydrogen) atoms. The van der Waals surface area contributed by atoms with Crippen molar-refractivity contribution in [1.82, 2.24) is 4.98 Å². The number of hydrogen-bond donors (Lipinski definition) is 2. The van der Waals surface area contributed by atoms with E-state index in [1.807, 2.05) is 12.1 Å². The Kier molecular flexibility index (Phi) is 4.37. The molecular formula is C28H25NOP+. The van der Waals surface area contributed by atoms with Crippen molar-refractivity contribution in [2.75, 3.05) is 6.16 Å². The summed E-state index contributed by atoms with van der Waals surface area (Å²) in [6.07, 6.45) is 4.48. The smallest absolute Gasteiger partial charge is 0.116 e. The maximum absolute atomic E-state index is 10.1. The van der Waals surface area contributed by atoms with E-state index in [0.717, 1.165) is 24.3 Å². The molecule has 0 saturated carbocycles. The molecule has 152 valence electrons. The normalized spacial score (nSPS) is 18.3. The van der Waals surface area contributed by atoms with Crippen molar-refractivity contribution >= 4 is 34.2 Å². The fourth-order valence-electron chi connectivity index (χ4n) is 5.34. The first-order valence-corrected chi connectivity index (χ1v) is 13.3. The van der Waals surface area contributed by atoms with E-state index in [9.17, 15) is 5.11 Å². The van der Waals surface area contributed by atoms with Gasteiger partial charge < -0.3 is 10.1 Å². The molecule has 0 bridgehead atoms. The highest BCUT2D eigenvalue weighted by atomic mass is 31.2. The Morgan fingerprint density at radius 2 is 1.61 bits per heavy atom. The number of phenols is 1. The van der Waals surface area contributed by atoms with Gasteiger partial charge in [0, 0.05) is 28.6 Å². The predicted octanol–water partition coefficient (Wildman–Crippen LogP) is 6.63. The number of aromatic amines is 1. The lowest BCUT2D eigenvalue weighted by molar-refractivity contribution is 0.476. The van der Waals surface area contributed by atoms with Crippen LogP contribution in [0.25, 0.3) is 21.7 Å². The molecule has 0 amide bonds. The molecule has 2 heterocycles. The van der Waals surface area contributed by atoms with Gasteiger partial charge in [0.05, 0.1) is 31.1 Å². The Morgan fingerprint density at radius 1 is 0.806 bits per heavy atom. The van der Waals surface area contributed by atoms with Gasteiger partial charge in [-0.05, 0) is 46.7 Å². The minimum Gasteiger partial charge on any atom is -0.508 e. The summed E-state index contributed by atoms with van der Waals surface area (Å²) >= 11 is 0. The molecule has 3 heteroatoms. The molecular weight excluding hydrogens is 397 g/mol. The van der Waals surface area contributed by atoms with Gasteiger partial charge in [-0.1, -0.05) is 60.7 Å². The van der Waals surface area contributed by atoms with Gasteiger partial charge in [0.2, 0.25) is 0 Å². The lowest BCUT2D eigenvalue weighted by atomic mass is 10.1. The summed E-state index contributed by atoms with van der Waals surface area (Å²) in [5.74, 6) is 0.345. The molecule has 2 N–H and O–H groups in total. The summed E-state index contributed by atoms with van der Waals surface area (Å²) < 4.78 is 0. The van der Waals surface area contributed by atoms with Crippen molar-refractivity contribution in [1.29, 1.82) is 0 Å². The van der Waals surface area contributed by atoms with Crippen molar-refractivity contribution in [2.45, 2.75) is 18.7 Å². The zero-order valence-corrected chi connectivity index (χ0v) is 18.3. The Hall–Kier alpha value is -3.09. The summed E-state index contributed by atoms with van der Waals surface area (Å²) in [6.45, 7) is 0. The average molecular weight is 422 g/mol. The second-order valence-corrected chi connectivity index (χ2v) is 12.6. The van der Waals surface area contributed by atoms with Crippen LogP contribution >= 0.6 is 7.26 Å². The zero-order chi connectivity index (χ0) is 20.8.